The predicted molar refractivity (Wildman–Crippen MR) is 51.3 cm³/mol. The van der Waals surface area contributed by atoms with Crippen molar-refractivity contribution < 1.29 is 19.0 Å². The van der Waals surface area contributed by atoms with Gasteiger partial charge in [-0.15, -0.1) is 0 Å². The van der Waals surface area contributed by atoms with Crippen molar-refractivity contribution >= 4 is 5.97 Å². The van der Waals surface area contributed by atoms with E-state index in [4.69, 9.17) is 14.2 Å². The van der Waals surface area contributed by atoms with Crippen molar-refractivity contribution in [3.63, 3.8) is 0 Å². The van der Waals surface area contributed by atoms with Gasteiger partial charge in [0.25, 0.3) is 0 Å². The van der Waals surface area contributed by atoms with Crippen LogP contribution in [0, 0.1) is 5.92 Å². The second-order valence-corrected chi connectivity index (χ2v) is 4.70. The van der Waals surface area contributed by atoms with E-state index in [9.17, 15) is 4.79 Å². The van der Waals surface area contributed by atoms with E-state index < -0.39 is 0 Å². The minimum Gasteiger partial charge on any atom is -0.456 e. The Labute approximate surface area is 88.9 Å². The van der Waals surface area contributed by atoms with Gasteiger partial charge < -0.3 is 14.2 Å². The lowest BCUT2D eigenvalue weighted by Gasteiger charge is -2.25. The van der Waals surface area contributed by atoms with Gasteiger partial charge in [-0.3, -0.25) is 4.79 Å². The summed E-state index contributed by atoms with van der Waals surface area (Å²) in [5.41, 5.74) is 0. The van der Waals surface area contributed by atoms with Crippen LogP contribution >= 0.6 is 0 Å². The van der Waals surface area contributed by atoms with E-state index in [2.05, 4.69) is 6.92 Å². The lowest BCUT2D eigenvalue weighted by molar-refractivity contribution is -0.148. The van der Waals surface area contributed by atoms with E-state index in [1.807, 2.05) is 6.92 Å². The highest BCUT2D eigenvalue weighted by atomic mass is 16.6. The molecule has 0 aromatic rings. The van der Waals surface area contributed by atoms with Gasteiger partial charge in [-0.25, -0.2) is 0 Å². The van der Waals surface area contributed by atoms with E-state index in [1.54, 1.807) is 0 Å². The zero-order valence-corrected chi connectivity index (χ0v) is 9.01. The summed E-state index contributed by atoms with van der Waals surface area (Å²) in [6.45, 7) is 4.13. The molecular weight excluding hydrogens is 196 g/mol. The van der Waals surface area contributed by atoms with Gasteiger partial charge in [0, 0.05) is 0 Å². The first-order valence-corrected chi connectivity index (χ1v) is 5.72. The Morgan fingerprint density at radius 3 is 3.07 bits per heavy atom. The van der Waals surface area contributed by atoms with E-state index in [0.717, 1.165) is 12.8 Å². The first-order valence-electron chi connectivity index (χ1n) is 5.72. The summed E-state index contributed by atoms with van der Waals surface area (Å²) in [6, 6.07) is 0. The molecule has 2 bridgehead atoms. The predicted octanol–water partition coefficient (Wildman–Crippen LogP) is 0.883. The van der Waals surface area contributed by atoms with Crippen LogP contribution in [-0.4, -0.2) is 36.5 Å². The van der Waals surface area contributed by atoms with Gasteiger partial charge in [-0.05, 0) is 19.8 Å². The standard InChI is InChI=1S/C11H16O4/c1-3-5(2)13-9-7-4-6-8(14-7)10(9)15-11(6)12/h5-10H,3-4H2,1-2H3. The van der Waals surface area contributed by atoms with Gasteiger partial charge in [0.15, 0.2) is 6.10 Å². The van der Waals surface area contributed by atoms with Crippen LogP contribution in [0.4, 0.5) is 0 Å². The number of ether oxygens (including phenoxy) is 3. The van der Waals surface area contributed by atoms with Crippen molar-refractivity contribution in [2.24, 2.45) is 5.92 Å². The normalized spacial score (nSPS) is 48.4. The Balaban J connectivity index is 1.75. The number of hydrogen-bond donors (Lipinski definition) is 0. The van der Waals surface area contributed by atoms with Crippen molar-refractivity contribution in [2.75, 3.05) is 0 Å². The molecule has 0 amide bonds. The second-order valence-electron chi connectivity index (χ2n) is 4.70. The van der Waals surface area contributed by atoms with Crippen molar-refractivity contribution in [2.45, 2.75) is 57.2 Å². The fourth-order valence-electron chi connectivity index (χ4n) is 2.77. The molecular formula is C11H16O4. The van der Waals surface area contributed by atoms with Gasteiger partial charge in [-0.2, -0.15) is 0 Å². The van der Waals surface area contributed by atoms with Crippen LogP contribution in [0.5, 0.6) is 0 Å². The second kappa shape index (κ2) is 3.19. The monoisotopic (exact) mass is 212 g/mol. The molecule has 3 aliphatic rings. The SMILES string of the molecule is CCC(C)OC1C2CC3C(=O)OC1C3O2. The zero-order valence-electron chi connectivity index (χ0n) is 9.01. The topological polar surface area (TPSA) is 44.8 Å². The van der Waals surface area contributed by atoms with Crippen LogP contribution in [0.2, 0.25) is 0 Å². The Kier molecular flexibility index (Phi) is 2.04. The number of fused-ring (bicyclic) bond motifs is 1. The van der Waals surface area contributed by atoms with Crippen LogP contribution in [0.25, 0.3) is 0 Å². The molecule has 3 heterocycles. The third-order valence-electron chi connectivity index (χ3n) is 3.75. The summed E-state index contributed by atoms with van der Waals surface area (Å²) in [7, 11) is 0. The van der Waals surface area contributed by atoms with Gasteiger partial charge in [0.2, 0.25) is 0 Å². The molecule has 84 valence electrons. The van der Waals surface area contributed by atoms with Crippen LogP contribution in [0.3, 0.4) is 0 Å². The number of esters is 1. The van der Waals surface area contributed by atoms with Crippen LogP contribution in [0.15, 0.2) is 0 Å². The highest BCUT2D eigenvalue weighted by Crippen LogP contribution is 2.47. The molecule has 0 aromatic carbocycles. The number of carbonyl (C=O) groups is 1. The summed E-state index contributed by atoms with van der Waals surface area (Å²) >= 11 is 0. The number of hydrogen-bond acceptors (Lipinski definition) is 4. The van der Waals surface area contributed by atoms with Crippen molar-refractivity contribution in [3.05, 3.63) is 0 Å². The van der Waals surface area contributed by atoms with Crippen molar-refractivity contribution in [1.82, 2.24) is 0 Å². The van der Waals surface area contributed by atoms with E-state index in [1.165, 1.54) is 0 Å². The molecule has 3 saturated heterocycles. The van der Waals surface area contributed by atoms with Gasteiger partial charge in [-0.1, -0.05) is 6.92 Å². The first kappa shape index (κ1) is 9.60. The molecule has 0 radical (unpaired) electrons. The Bertz CT molecular complexity index is 290. The fraction of sp³-hybridized carbons (Fsp3) is 0.909. The third-order valence-corrected chi connectivity index (χ3v) is 3.75. The largest absolute Gasteiger partial charge is 0.456 e. The number of rotatable bonds is 3. The smallest absolute Gasteiger partial charge is 0.312 e. The lowest BCUT2D eigenvalue weighted by Crippen LogP contribution is -2.40. The molecule has 15 heavy (non-hydrogen) atoms. The molecule has 4 nitrogen and oxygen atoms in total. The van der Waals surface area contributed by atoms with E-state index in [0.29, 0.717) is 0 Å². The highest BCUT2D eigenvalue weighted by Gasteiger charge is 2.64. The molecule has 6 unspecified atom stereocenters. The zero-order chi connectivity index (χ0) is 10.6. The van der Waals surface area contributed by atoms with Gasteiger partial charge in [0.05, 0.1) is 18.1 Å². The maximum atomic E-state index is 11.4. The van der Waals surface area contributed by atoms with Crippen LogP contribution in [0.1, 0.15) is 26.7 Å². The molecule has 3 aliphatic heterocycles. The molecule has 0 aromatic heterocycles. The fourth-order valence-corrected chi connectivity index (χ4v) is 2.77. The highest BCUT2D eigenvalue weighted by molar-refractivity contribution is 5.77. The summed E-state index contributed by atoms with van der Waals surface area (Å²) in [6.07, 6.45) is 1.82. The number of carbonyl (C=O) groups excluding carboxylic acids is 1. The van der Waals surface area contributed by atoms with Gasteiger partial charge >= 0.3 is 5.97 Å². The first-order chi connectivity index (χ1) is 7.20. The lowest BCUT2D eigenvalue weighted by atomic mass is 9.88. The Morgan fingerprint density at radius 1 is 1.53 bits per heavy atom. The van der Waals surface area contributed by atoms with Crippen molar-refractivity contribution in [1.29, 1.82) is 0 Å². The maximum Gasteiger partial charge on any atom is 0.312 e. The summed E-state index contributed by atoms with van der Waals surface area (Å²) in [4.78, 5) is 11.4. The average Bonchev–Trinajstić information content (AvgIpc) is 2.81. The Morgan fingerprint density at radius 2 is 2.33 bits per heavy atom. The molecule has 0 saturated carbocycles. The third kappa shape index (κ3) is 1.24. The summed E-state index contributed by atoms with van der Waals surface area (Å²) < 4.78 is 16.9. The van der Waals surface area contributed by atoms with E-state index in [-0.39, 0.29) is 42.4 Å². The van der Waals surface area contributed by atoms with Crippen LogP contribution in [-0.2, 0) is 19.0 Å². The summed E-state index contributed by atoms with van der Waals surface area (Å²) in [5, 5.41) is 0. The van der Waals surface area contributed by atoms with Crippen molar-refractivity contribution in [3.8, 4) is 0 Å². The minimum absolute atomic E-state index is 0.0169. The quantitative estimate of drug-likeness (QED) is 0.651. The maximum absolute atomic E-state index is 11.4. The minimum atomic E-state index is -0.143. The molecule has 0 spiro atoms. The molecule has 0 N–H and O–H groups in total. The van der Waals surface area contributed by atoms with Crippen LogP contribution < -0.4 is 0 Å². The molecule has 4 heteroatoms. The molecule has 6 atom stereocenters. The summed E-state index contributed by atoms with van der Waals surface area (Å²) in [5.74, 6) is -0.112. The molecule has 3 rings (SSSR count). The molecule has 0 aliphatic carbocycles. The Hall–Kier alpha value is -0.610. The molecule has 3 fully saturated rings. The van der Waals surface area contributed by atoms with Gasteiger partial charge in [0.1, 0.15) is 12.2 Å². The average molecular weight is 212 g/mol. The van der Waals surface area contributed by atoms with E-state index >= 15 is 0 Å².